The number of benzene rings is 1. The predicted molar refractivity (Wildman–Crippen MR) is 67.7 cm³/mol. The number of halogens is 1. The summed E-state index contributed by atoms with van der Waals surface area (Å²) in [5.74, 6) is -1.49. The number of carboxylic acids is 1. The zero-order valence-corrected chi connectivity index (χ0v) is 10.4. The van der Waals surface area contributed by atoms with Gasteiger partial charge < -0.3 is 10.0 Å². The molecule has 2 rings (SSSR count). The van der Waals surface area contributed by atoms with Gasteiger partial charge in [-0.1, -0.05) is 0 Å². The number of nitrogens with zero attached hydrogens (tertiary/aromatic N) is 1. The van der Waals surface area contributed by atoms with Crippen LogP contribution in [0.4, 0.5) is 10.1 Å². The summed E-state index contributed by atoms with van der Waals surface area (Å²) < 4.78 is 13.5. The van der Waals surface area contributed by atoms with Gasteiger partial charge in [-0.2, -0.15) is 12.6 Å². The number of thiol groups is 1. The van der Waals surface area contributed by atoms with Crippen LogP contribution < -0.4 is 4.90 Å². The fourth-order valence-electron chi connectivity index (χ4n) is 2.00. The maximum absolute atomic E-state index is 13.5. The van der Waals surface area contributed by atoms with Crippen molar-refractivity contribution < 1.29 is 19.1 Å². The van der Waals surface area contributed by atoms with Crippen molar-refractivity contribution in [1.82, 2.24) is 0 Å². The Labute approximate surface area is 109 Å². The van der Waals surface area contributed by atoms with Crippen LogP contribution in [-0.2, 0) is 4.79 Å². The Morgan fingerprint density at radius 3 is 2.78 bits per heavy atom. The van der Waals surface area contributed by atoms with Gasteiger partial charge in [0, 0.05) is 18.7 Å². The van der Waals surface area contributed by atoms with E-state index in [-0.39, 0.29) is 11.8 Å². The largest absolute Gasteiger partial charge is 0.478 e. The molecule has 1 unspecified atom stereocenters. The monoisotopic (exact) mass is 269 g/mol. The molecule has 1 aromatic rings. The molecular formula is C12H12FNO3S. The van der Waals surface area contributed by atoms with Crippen molar-refractivity contribution in [3.63, 3.8) is 0 Å². The smallest absolute Gasteiger partial charge is 0.338 e. The summed E-state index contributed by atoms with van der Waals surface area (Å²) in [6.07, 6.45) is 0.395. The molecule has 1 atom stereocenters. The van der Waals surface area contributed by atoms with E-state index >= 15 is 0 Å². The molecule has 1 heterocycles. The first-order valence-electron chi connectivity index (χ1n) is 5.47. The van der Waals surface area contributed by atoms with E-state index in [0.29, 0.717) is 24.4 Å². The van der Waals surface area contributed by atoms with E-state index in [2.05, 4.69) is 12.6 Å². The van der Waals surface area contributed by atoms with Gasteiger partial charge in [-0.3, -0.25) is 4.79 Å². The molecule has 1 aliphatic heterocycles. The maximum Gasteiger partial charge on any atom is 0.338 e. The first kappa shape index (κ1) is 12.9. The first-order chi connectivity index (χ1) is 8.52. The van der Waals surface area contributed by atoms with Crippen LogP contribution in [0.25, 0.3) is 0 Å². The molecule has 1 amide bonds. The highest BCUT2D eigenvalue weighted by atomic mass is 32.1. The second-order valence-electron chi connectivity index (χ2n) is 4.23. The van der Waals surface area contributed by atoms with Gasteiger partial charge in [0.05, 0.1) is 5.56 Å². The van der Waals surface area contributed by atoms with E-state index in [4.69, 9.17) is 5.11 Å². The van der Waals surface area contributed by atoms with Crippen molar-refractivity contribution in [2.24, 2.45) is 5.92 Å². The van der Waals surface area contributed by atoms with E-state index in [1.807, 2.05) is 0 Å². The zero-order valence-electron chi connectivity index (χ0n) is 9.47. The summed E-state index contributed by atoms with van der Waals surface area (Å²) in [5.41, 5.74) is 0.00271. The lowest BCUT2D eigenvalue weighted by molar-refractivity contribution is -0.117. The van der Waals surface area contributed by atoms with E-state index in [9.17, 15) is 14.0 Å². The highest BCUT2D eigenvalue weighted by Gasteiger charge is 2.30. The minimum Gasteiger partial charge on any atom is -0.478 e. The molecule has 18 heavy (non-hydrogen) atoms. The van der Waals surface area contributed by atoms with Gasteiger partial charge in [-0.05, 0) is 29.9 Å². The van der Waals surface area contributed by atoms with Crippen LogP contribution in [0.15, 0.2) is 18.2 Å². The maximum atomic E-state index is 13.5. The topological polar surface area (TPSA) is 57.6 Å². The number of aromatic carboxylic acids is 1. The Morgan fingerprint density at radius 1 is 1.56 bits per heavy atom. The minimum absolute atomic E-state index is 0.0866. The van der Waals surface area contributed by atoms with Crippen LogP contribution in [0.3, 0.4) is 0 Å². The van der Waals surface area contributed by atoms with Gasteiger partial charge in [-0.25, -0.2) is 9.18 Å². The average Bonchev–Trinajstić information content (AvgIpc) is 2.70. The SMILES string of the molecule is O=C(O)c1ccc(N2CC(CS)CC2=O)cc1F. The van der Waals surface area contributed by atoms with Gasteiger partial charge in [0.15, 0.2) is 0 Å². The third-order valence-electron chi connectivity index (χ3n) is 2.96. The number of carboxylic acid groups (broad SMARTS) is 1. The minimum atomic E-state index is -1.32. The van der Waals surface area contributed by atoms with E-state index < -0.39 is 17.3 Å². The average molecular weight is 269 g/mol. The normalized spacial score (nSPS) is 19.3. The highest BCUT2D eigenvalue weighted by molar-refractivity contribution is 7.80. The lowest BCUT2D eigenvalue weighted by Crippen LogP contribution is -2.25. The number of carbonyl (C=O) groups excluding carboxylic acids is 1. The fraction of sp³-hybridized carbons (Fsp3) is 0.333. The number of anilines is 1. The van der Waals surface area contributed by atoms with E-state index in [1.54, 1.807) is 0 Å². The second kappa shape index (κ2) is 4.97. The van der Waals surface area contributed by atoms with Gasteiger partial charge in [-0.15, -0.1) is 0 Å². The molecule has 0 radical (unpaired) electrons. The van der Waals surface area contributed by atoms with Crippen molar-refractivity contribution in [3.05, 3.63) is 29.6 Å². The highest BCUT2D eigenvalue weighted by Crippen LogP contribution is 2.27. The second-order valence-corrected chi connectivity index (χ2v) is 4.59. The molecule has 1 aliphatic rings. The van der Waals surface area contributed by atoms with Gasteiger partial charge in [0.1, 0.15) is 5.82 Å². The molecule has 0 aliphatic carbocycles. The number of rotatable bonds is 3. The van der Waals surface area contributed by atoms with Crippen molar-refractivity contribution in [2.75, 3.05) is 17.2 Å². The third-order valence-corrected chi connectivity index (χ3v) is 3.47. The molecule has 0 bridgehead atoms. The Bertz CT molecular complexity index is 506. The molecule has 0 spiro atoms. The summed E-state index contributed by atoms with van der Waals surface area (Å²) in [6.45, 7) is 0.494. The van der Waals surface area contributed by atoms with Crippen LogP contribution in [0.2, 0.25) is 0 Å². The Kier molecular flexibility index (Phi) is 3.56. The molecule has 1 saturated heterocycles. The van der Waals surface area contributed by atoms with Gasteiger partial charge in [0.25, 0.3) is 0 Å². The quantitative estimate of drug-likeness (QED) is 0.823. The number of carbonyl (C=O) groups is 2. The Morgan fingerprint density at radius 2 is 2.28 bits per heavy atom. The van der Waals surface area contributed by atoms with Crippen LogP contribution in [-0.4, -0.2) is 29.3 Å². The number of hydrogen-bond donors (Lipinski definition) is 2. The summed E-state index contributed by atoms with van der Waals surface area (Å²) >= 11 is 4.14. The molecule has 0 aromatic heterocycles. The summed E-state index contributed by atoms with van der Waals surface area (Å²) in [4.78, 5) is 23.9. The molecule has 4 nitrogen and oxygen atoms in total. The van der Waals surface area contributed by atoms with E-state index in [1.165, 1.54) is 17.0 Å². The van der Waals surface area contributed by atoms with Crippen LogP contribution >= 0.6 is 12.6 Å². The summed E-state index contributed by atoms with van der Waals surface area (Å²) in [6, 6.07) is 3.71. The fourth-order valence-corrected chi connectivity index (χ4v) is 2.24. The first-order valence-corrected chi connectivity index (χ1v) is 6.10. The Balaban J connectivity index is 2.27. The third kappa shape index (κ3) is 2.33. The number of amides is 1. The van der Waals surface area contributed by atoms with Crippen LogP contribution in [0.1, 0.15) is 16.8 Å². The summed E-state index contributed by atoms with van der Waals surface area (Å²) in [5, 5.41) is 8.72. The van der Waals surface area contributed by atoms with Crippen LogP contribution in [0.5, 0.6) is 0 Å². The molecular weight excluding hydrogens is 257 g/mol. The van der Waals surface area contributed by atoms with Crippen molar-refractivity contribution in [1.29, 1.82) is 0 Å². The van der Waals surface area contributed by atoms with Gasteiger partial charge >= 0.3 is 5.97 Å². The molecule has 1 aromatic carbocycles. The molecule has 1 N–H and O–H groups in total. The molecule has 0 saturated carbocycles. The summed E-state index contributed by atoms with van der Waals surface area (Å²) in [7, 11) is 0. The lowest BCUT2D eigenvalue weighted by Gasteiger charge is -2.16. The van der Waals surface area contributed by atoms with E-state index in [0.717, 1.165) is 6.07 Å². The molecule has 1 fully saturated rings. The van der Waals surface area contributed by atoms with Crippen molar-refractivity contribution >= 4 is 30.2 Å². The van der Waals surface area contributed by atoms with Crippen LogP contribution in [0, 0.1) is 11.7 Å². The zero-order chi connectivity index (χ0) is 13.3. The number of hydrogen-bond acceptors (Lipinski definition) is 3. The lowest BCUT2D eigenvalue weighted by atomic mass is 10.1. The van der Waals surface area contributed by atoms with Gasteiger partial charge in [0.2, 0.25) is 5.91 Å². The predicted octanol–water partition coefficient (Wildman–Crippen LogP) is 1.81. The van der Waals surface area contributed by atoms with Crippen molar-refractivity contribution in [3.8, 4) is 0 Å². The Hall–Kier alpha value is -1.56. The van der Waals surface area contributed by atoms with Crippen molar-refractivity contribution in [2.45, 2.75) is 6.42 Å². The molecule has 6 heteroatoms. The molecule has 96 valence electrons. The standard InChI is InChI=1S/C12H12FNO3S/c13-10-4-8(1-2-9(10)12(16)17)14-5-7(6-18)3-11(14)15/h1-2,4,7,18H,3,5-6H2,(H,16,17).